The van der Waals surface area contributed by atoms with Gasteiger partial charge in [0.2, 0.25) is 21.8 Å². The van der Waals surface area contributed by atoms with Crippen molar-refractivity contribution in [1.82, 2.24) is 14.9 Å². The molecule has 2 aromatic rings. The second-order valence-corrected chi connectivity index (χ2v) is 6.23. The molecule has 0 aliphatic heterocycles. The van der Waals surface area contributed by atoms with Crippen LogP contribution in [0.15, 0.2) is 34.9 Å². The number of carbonyl (C=O) groups is 1. The van der Waals surface area contributed by atoms with Crippen LogP contribution in [-0.2, 0) is 27.0 Å². The topological polar surface area (TPSA) is 102 Å². The van der Waals surface area contributed by atoms with Gasteiger partial charge in [-0.05, 0) is 12.5 Å². The first kappa shape index (κ1) is 15.2. The molecule has 1 aromatic carbocycles. The third-order valence-corrected chi connectivity index (χ3v) is 3.86. The van der Waals surface area contributed by atoms with E-state index in [1.165, 1.54) is 0 Å². The van der Waals surface area contributed by atoms with Gasteiger partial charge in [-0.1, -0.05) is 35.5 Å². The van der Waals surface area contributed by atoms with E-state index in [0.29, 0.717) is 17.3 Å². The van der Waals surface area contributed by atoms with E-state index in [9.17, 15) is 13.2 Å². The van der Waals surface area contributed by atoms with Gasteiger partial charge < -0.3 is 4.52 Å². The molecule has 1 amide bonds. The Hall–Kier alpha value is -2.22. The molecule has 0 aliphatic rings. The Labute approximate surface area is 122 Å². The second kappa shape index (κ2) is 6.49. The highest BCUT2D eigenvalue weighted by molar-refractivity contribution is 7.89. The number of nitrogens with zero attached hydrogens (tertiary/aromatic N) is 2. The summed E-state index contributed by atoms with van der Waals surface area (Å²) >= 11 is 0. The van der Waals surface area contributed by atoms with E-state index < -0.39 is 15.9 Å². The van der Waals surface area contributed by atoms with Crippen molar-refractivity contribution in [3.8, 4) is 0 Å². The molecule has 1 N–H and O–H groups in total. The van der Waals surface area contributed by atoms with Gasteiger partial charge in [-0.2, -0.15) is 4.98 Å². The van der Waals surface area contributed by atoms with Crippen LogP contribution >= 0.6 is 0 Å². The van der Waals surface area contributed by atoms with E-state index in [2.05, 4.69) is 10.1 Å². The molecule has 21 heavy (non-hydrogen) atoms. The van der Waals surface area contributed by atoms with E-state index >= 15 is 0 Å². The van der Waals surface area contributed by atoms with Gasteiger partial charge in [-0.25, -0.2) is 8.42 Å². The number of amides is 1. The summed E-state index contributed by atoms with van der Waals surface area (Å²) in [7, 11) is -3.70. The van der Waals surface area contributed by atoms with Gasteiger partial charge in [0.15, 0.2) is 5.82 Å². The molecule has 1 aromatic heterocycles. The van der Waals surface area contributed by atoms with E-state index in [1.807, 2.05) is 4.72 Å². The largest absolute Gasteiger partial charge is 0.339 e. The Morgan fingerprint density at radius 3 is 2.62 bits per heavy atom. The molecule has 0 radical (unpaired) electrons. The molecule has 0 atom stereocenters. The Kier molecular flexibility index (Phi) is 4.69. The molecular weight excluding hydrogens is 294 g/mol. The average molecular weight is 309 g/mol. The van der Waals surface area contributed by atoms with Crippen LogP contribution < -0.4 is 4.72 Å². The monoisotopic (exact) mass is 309 g/mol. The molecule has 0 fully saturated rings. The van der Waals surface area contributed by atoms with Gasteiger partial charge in [-0.15, -0.1) is 0 Å². The van der Waals surface area contributed by atoms with Crippen molar-refractivity contribution in [1.29, 1.82) is 0 Å². The molecule has 0 saturated heterocycles. The third kappa shape index (κ3) is 4.99. The molecule has 0 aliphatic carbocycles. The number of carbonyl (C=O) groups excluding carboxylic acids is 1. The number of rotatable bonds is 6. The highest BCUT2D eigenvalue weighted by Crippen LogP contribution is 2.05. The zero-order valence-electron chi connectivity index (χ0n) is 11.4. The Morgan fingerprint density at radius 1 is 1.29 bits per heavy atom. The molecule has 8 heteroatoms. The first-order valence-corrected chi connectivity index (χ1v) is 7.96. The number of hydrogen-bond acceptors (Lipinski definition) is 6. The predicted molar refractivity (Wildman–Crippen MR) is 74.6 cm³/mol. The van der Waals surface area contributed by atoms with Crippen molar-refractivity contribution < 1.29 is 17.7 Å². The van der Waals surface area contributed by atoms with Crippen LogP contribution in [0.5, 0.6) is 0 Å². The van der Waals surface area contributed by atoms with Crippen LogP contribution in [0.2, 0.25) is 0 Å². The van der Waals surface area contributed by atoms with E-state index in [1.54, 1.807) is 37.3 Å². The fourth-order valence-electron chi connectivity index (χ4n) is 1.72. The fourth-order valence-corrected chi connectivity index (χ4v) is 2.87. The lowest BCUT2D eigenvalue weighted by Crippen LogP contribution is -2.31. The Balaban J connectivity index is 1.86. The molecule has 0 unspecified atom stereocenters. The molecule has 0 bridgehead atoms. The lowest BCUT2D eigenvalue weighted by atomic mass is 10.2. The molecule has 0 saturated carbocycles. The van der Waals surface area contributed by atoms with Crippen LogP contribution in [0.4, 0.5) is 0 Å². The van der Waals surface area contributed by atoms with Crippen molar-refractivity contribution in [2.75, 3.05) is 0 Å². The van der Waals surface area contributed by atoms with Crippen molar-refractivity contribution in [2.24, 2.45) is 0 Å². The summed E-state index contributed by atoms with van der Waals surface area (Å²) in [6.07, 6.45) is 0.170. The summed E-state index contributed by atoms with van der Waals surface area (Å²) < 4.78 is 30.6. The normalized spacial score (nSPS) is 11.3. The number of benzene rings is 1. The summed E-state index contributed by atoms with van der Waals surface area (Å²) in [5.41, 5.74) is 0.616. The lowest BCUT2D eigenvalue weighted by Gasteiger charge is -2.06. The van der Waals surface area contributed by atoms with E-state index in [4.69, 9.17) is 4.52 Å². The van der Waals surface area contributed by atoms with Gasteiger partial charge >= 0.3 is 0 Å². The maximum atomic E-state index is 11.8. The summed E-state index contributed by atoms with van der Waals surface area (Å²) in [5, 5.41) is 3.59. The molecule has 1 heterocycles. The van der Waals surface area contributed by atoms with Crippen LogP contribution in [0.1, 0.15) is 23.7 Å². The number of nitrogens with one attached hydrogen (secondary N) is 1. The number of hydrogen-bond donors (Lipinski definition) is 1. The highest BCUT2D eigenvalue weighted by atomic mass is 32.2. The van der Waals surface area contributed by atoms with E-state index in [-0.39, 0.29) is 18.6 Å². The first-order valence-electron chi connectivity index (χ1n) is 6.31. The molecule has 2 rings (SSSR count). The standard InChI is InChI=1S/C13H15N3O4S/c1-10-14-13(20-15-10)8-7-12(17)16-21(18,19)9-11-5-3-2-4-6-11/h2-6H,7-9H2,1H3,(H,16,17). The first-order chi connectivity index (χ1) is 9.94. The van der Waals surface area contributed by atoms with Crippen LogP contribution in [0, 0.1) is 6.92 Å². The van der Waals surface area contributed by atoms with Gasteiger partial charge in [-0.3, -0.25) is 9.52 Å². The summed E-state index contributed by atoms with van der Waals surface area (Å²) in [5.74, 6) is -0.0498. The van der Waals surface area contributed by atoms with Crippen molar-refractivity contribution in [3.63, 3.8) is 0 Å². The third-order valence-electron chi connectivity index (χ3n) is 2.60. The minimum atomic E-state index is -3.70. The number of sulfonamides is 1. The van der Waals surface area contributed by atoms with Crippen molar-refractivity contribution in [3.05, 3.63) is 47.6 Å². The zero-order chi connectivity index (χ0) is 15.3. The second-order valence-electron chi connectivity index (χ2n) is 4.51. The maximum Gasteiger partial charge on any atom is 0.239 e. The SMILES string of the molecule is Cc1noc(CCC(=O)NS(=O)(=O)Cc2ccccc2)n1. The lowest BCUT2D eigenvalue weighted by molar-refractivity contribution is -0.119. The maximum absolute atomic E-state index is 11.8. The van der Waals surface area contributed by atoms with Gasteiger partial charge in [0.25, 0.3) is 0 Å². The van der Waals surface area contributed by atoms with Crippen molar-refractivity contribution in [2.45, 2.75) is 25.5 Å². The predicted octanol–water partition coefficient (Wildman–Crippen LogP) is 0.957. The molecule has 7 nitrogen and oxygen atoms in total. The fraction of sp³-hybridized carbons (Fsp3) is 0.308. The molecule has 0 spiro atoms. The van der Waals surface area contributed by atoms with Crippen LogP contribution in [-0.4, -0.2) is 24.5 Å². The molecule has 112 valence electrons. The summed E-state index contributed by atoms with van der Waals surface area (Å²) in [4.78, 5) is 15.6. The zero-order valence-corrected chi connectivity index (χ0v) is 12.3. The Bertz CT molecular complexity index is 710. The van der Waals surface area contributed by atoms with Crippen LogP contribution in [0.25, 0.3) is 0 Å². The smallest absolute Gasteiger partial charge is 0.239 e. The minimum Gasteiger partial charge on any atom is -0.339 e. The summed E-state index contributed by atoms with van der Waals surface area (Å²) in [6.45, 7) is 1.66. The number of aromatic nitrogens is 2. The highest BCUT2D eigenvalue weighted by Gasteiger charge is 2.16. The minimum absolute atomic E-state index is 0.0321. The van der Waals surface area contributed by atoms with Crippen molar-refractivity contribution >= 4 is 15.9 Å². The summed E-state index contributed by atoms with van der Waals surface area (Å²) in [6, 6.07) is 8.64. The molecular formula is C13H15N3O4S. The van der Waals surface area contributed by atoms with Gasteiger partial charge in [0.1, 0.15) is 0 Å². The average Bonchev–Trinajstić information content (AvgIpc) is 2.82. The number of aryl methyl sites for hydroxylation is 2. The quantitative estimate of drug-likeness (QED) is 0.852. The van der Waals surface area contributed by atoms with E-state index in [0.717, 1.165) is 0 Å². The van der Waals surface area contributed by atoms with Gasteiger partial charge in [0.05, 0.1) is 5.75 Å². The van der Waals surface area contributed by atoms with Crippen LogP contribution in [0.3, 0.4) is 0 Å². The Morgan fingerprint density at radius 2 is 2.00 bits per heavy atom. The van der Waals surface area contributed by atoms with Gasteiger partial charge in [0, 0.05) is 12.8 Å².